The molecule has 1 aliphatic carbocycles. The summed E-state index contributed by atoms with van der Waals surface area (Å²) in [4.78, 5) is 4.78. The lowest BCUT2D eigenvalue weighted by Crippen LogP contribution is -2.45. The molecule has 1 aromatic rings. The fourth-order valence-electron chi connectivity index (χ4n) is 2.68. The van der Waals surface area contributed by atoms with E-state index in [0.29, 0.717) is 6.04 Å². The third-order valence-corrected chi connectivity index (χ3v) is 4.00. The highest BCUT2D eigenvalue weighted by Crippen LogP contribution is 2.35. The molecule has 1 saturated carbocycles. The van der Waals surface area contributed by atoms with E-state index in [4.69, 9.17) is 5.73 Å². The number of para-hydroxylation sites is 2. The number of nitrogens with zero attached hydrogens (tertiary/aromatic N) is 2. The molecule has 1 fully saturated rings. The van der Waals surface area contributed by atoms with Crippen LogP contribution in [0.4, 0.5) is 11.4 Å². The van der Waals surface area contributed by atoms with E-state index in [2.05, 4.69) is 41.1 Å². The Balaban J connectivity index is 1.79. The van der Waals surface area contributed by atoms with Crippen molar-refractivity contribution in [3.05, 3.63) is 24.3 Å². The Hall–Kier alpha value is -1.22. The lowest BCUT2D eigenvalue weighted by atomic mass is 10.1. The van der Waals surface area contributed by atoms with Gasteiger partial charge in [0.05, 0.1) is 11.4 Å². The second-order valence-corrected chi connectivity index (χ2v) is 5.36. The van der Waals surface area contributed by atoms with E-state index in [-0.39, 0.29) is 0 Å². The van der Waals surface area contributed by atoms with Gasteiger partial charge < -0.3 is 15.5 Å². The van der Waals surface area contributed by atoms with Crippen molar-refractivity contribution >= 4 is 11.4 Å². The summed E-state index contributed by atoms with van der Waals surface area (Å²) in [6, 6.07) is 8.99. The van der Waals surface area contributed by atoms with E-state index in [1.807, 2.05) is 0 Å². The summed E-state index contributed by atoms with van der Waals surface area (Å²) in [6.45, 7) is 3.19. The van der Waals surface area contributed by atoms with Crippen LogP contribution < -0.4 is 15.5 Å². The molecule has 0 saturated heterocycles. The molecular formula is C14H21N3. The van der Waals surface area contributed by atoms with Crippen molar-refractivity contribution < 1.29 is 0 Å². The van der Waals surface area contributed by atoms with Gasteiger partial charge in [-0.25, -0.2) is 0 Å². The number of benzene rings is 1. The Labute approximate surface area is 103 Å². The Kier molecular flexibility index (Phi) is 2.71. The minimum atomic E-state index is 0.353. The number of hydrogen-bond donors (Lipinski definition) is 1. The maximum absolute atomic E-state index is 6.25. The zero-order chi connectivity index (χ0) is 11.8. The van der Waals surface area contributed by atoms with Crippen molar-refractivity contribution in [3.8, 4) is 0 Å². The highest BCUT2D eigenvalue weighted by molar-refractivity contribution is 5.73. The van der Waals surface area contributed by atoms with E-state index >= 15 is 0 Å². The molecule has 1 atom stereocenters. The minimum Gasteiger partial charge on any atom is -0.371 e. The quantitative estimate of drug-likeness (QED) is 0.859. The maximum atomic E-state index is 6.25. The summed E-state index contributed by atoms with van der Waals surface area (Å²) in [5, 5.41) is 0. The van der Waals surface area contributed by atoms with Crippen LogP contribution in [0.1, 0.15) is 12.8 Å². The molecule has 0 amide bonds. The molecule has 0 radical (unpaired) electrons. The summed E-state index contributed by atoms with van der Waals surface area (Å²) in [5.41, 5.74) is 8.93. The van der Waals surface area contributed by atoms with Gasteiger partial charge in [0.25, 0.3) is 0 Å². The van der Waals surface area contributed by atoms with Gasteiger partial charge in [-0.05, 0) is 30.9 Å². The van der Waals surface area contributed by atoms with Crippen molar-refractivity contribution in [3.63, 3.8) is 0 Å². The number of fused-ring (bicyclic) bond motifs is 1. The molecule has 17 heavy (non-hydrogen) atoms. The molecule has 92 valence electrons. The van der Waals surface area contributed by atoms with Gasteiger partial charge in [-0.1, -0.05) is 12.1 Å². The van der Waals surface area contributed by atoms with E-state index in [1.54, 1.807) is 0 Å². The Morgan fingerprint density at radius 2 is 1.94 bits per heavy atom. The zero-order valence-electron chi connectivity index (χ0n) is 10.5. The Morgan fingerprint density at radius 3 is 2.65 bits per heavy atom. The normalized spacial score (nSPS) is 21.3. The number of rotatable bonds is 3. The topological polar surface area (TPSA) is 32.5 Å². The standard InChI is InChI=1S/C14H21N3/c1-16-8-9-17(10-12(15)11-6-7-11)14-5-3-2-4-13(14)16/h2-5,11-12H,6-10,15H2,1H3. The average molecular weight is 231 g/mol. The largest absolute Gasteiger partial charge is 0.371 e. The van der Waals surface area contributed by atoms with Crippen molar-refractivity contribution in [2.45, 2.75) is 18.9 Å². The molecule has 0 aromatic heterocycles. The van der Waals surface area contributed by atoms with E-state index < -0.39 is 0 Å². The summed E-state index contributed by atoms with van der Waals surface area (Å²) in [6.07, 6.45) is 2.66. The molecule has 2 aliphatic rings. The fraction of sp³-hybridized carbons (Fsp3) is 0.571. The monoisotopic (exact) mass is 231 g/mol. The van der Waals surface area contributed by atoms with Crippen LogP contribution in [0.3, 0.4) is 0 Å². The number of hydrogen-bond acceptors (Lipinski definition) is 3. The van der Waals surface area contributed by atoms with E-state index in [0.717, 1.165) is 25.6 Å². The molecule has 3 rings (SSSR count). The van der Waals surface area contributed by atoms with Gasteiger partial charge in [-0.15, -0.1) is 0 Å². The summed E-state index contributed by atoms with van der Waals surface area (Å²) in [7, 11) is 2.16. The highest BCUT2D eigenvalue weighted by Gasteiger charge is 2.31. The minimum absolute atomic E-state index is 0.353. The number of anilines is 2. The molecule has 2 N–H and O–H groups in total. The van der Waals surface area contributed by atoms with Crippen LogP contribution in [0.15, 0.2) is 24.3 Å². The smallest absolute Gasteiger partial charge is 0.0605 e. The van der Waals surface area contributed by atoms with Gasteiger partial charge in [-0.2, -0.15) is 0 Å². The van der Waals surface area contributed by atoms with Crippen molar-refractivity contribution in [2.75, 3.05) is 36.5 Å². The van der Waals surface area contributed by atoms with Crippen LogP contribution in [0.5, 0.6) is 0 Å². The average Bonchev–Trinajstić information content (AvgIpc) is 3.17. The predicted molar refractivity (Wildman–Crippen MR) is 72.6 cm³/mol. The fourth-order valence-corrected chi connectivity index (χ4v) is 2.68. The third kappa shape index (κ3) is 2.12. The summed E-state index contributed by atoms with van der Waals surface area (Å²) < 4.78 is 0. The molecule has 1 aromatic carbocycles. The molecule has 3 heteroatoms. The summed E-state index contributed by atoms with van der Waals surface area (Å²) >= 11 is 0. The van der Waals surface area contributed by atoms with Gasteiger partial charge >= 0.3 is 0 Å². The van der Waals surface area contributed by atoms with Crippen LogP contribution in [0, 0.1) is 5.92 Å². The van der Waals surface area contributed by atoms with Crippen LogP contribution in [-0.2, 0) is 0 Å². The number of nitrogens with two attached hydrogens (primary N) is 1. The molecule has 1 unspecified atom stereocenters. The molecule has 1 aliphatic heterocycles. The van der Waals surface area contributed by atoms with Gasteiger partial charge in [-0.3, -0.25) is 0 Å². The molecule has 1 heterocycles. The zero-order valence-corrected chi connectivity index (χ0v) is 10.5. The second-order valence-electron chi connectivity index (χ2n) is 5.36. The highest BCUT2D eigenvalue weighted by atomic mass is 15.3. The van der Waals surface area contributed by atoms with Gasteiger partial charge in [0.15, 0.2) is 0 Å². The van der Waals surface area contributed by atoms with Gasteiger partial charge in [0.1, 0.15) is 0 Å². The summed E-state index contributed by atoms with van der Waals surface area (Å²) in [5.74, 6) is 0.779. The van der Waals surface area contributed by atoms with Crippen LogP contribution in [-0.4, -0.2) is 32.7 Å². The van der Waals surface area contributed by atoms with Gasteiger partial charge in [0.2, 0.25) is 0 Å². The van der Waals surface area contributed by atoms with E-state index in [1.165, 1.54) is 24.2 Å². The van der Waals surface area contributed by atoms with E-state index in [9.17, 15) is 0 Å². The van der Waals surface area contributed by atoms with Gasteiger partial charge in [0, 0.05) is 32.7 Å². The lowest BCUT2D eigenvalue weighted by Gasteiger charge is -2.38. The second kappa shape index (κ2) is 4.22. The first-order valence-corrected chi connectivity index (χ1v) is 6.56. The van der Waals surface area contributed by atoms with Crippen molar-refractivity contribution in [2.24, 2.45) is 11.7 Å². The predicted octanol–water partition coefficient (Wildman–Crippen LogP) is 1.68. The SMILES string of the molecule is CN1CCN(CC(N)C2CC2)c2ccccc21. The third-order valence-electron chi connectivity index (χ3n) is 4.00. The molecule has 0 spiro atoms. The maximum Gasteiger partial charge on any atom is 0.0605 e. The molecule has 3 nitrogen and oxygen atoms in total. The molecular weight excluding hydrogens is 210 g/mol. The first-order valence-electron chi connectivity index (χ1n) is 6.56. The van der Waals surface area contributed by atoms with Crippen molar-refractivity contribution in [1.82, 2.24) is 0 Å². The first-order chi connectivity index (χ1) is 8.25. The first kappa shape index (κ1) is 10.9. The lowest BCUT2D eigenvalue weighted by molar-refractivity contribution is 0.566. The Morgan fingerprint density at radius 1 is 1.24 bits per heavy atom. The Bertz CT molecular complexity index is 400. The number of likely N-dealkylation sites (N-methyl/N-ethyl adjacent to an activating group) is 1. The van der Waals surface area contributed by atoms with Crippen LogP contribution in [0.2, 0.25) is 0 Å². The van der Waals surface area contributed by atoms with Crippen LogP contribution in [0.25, 0.3) is 0 Å². The van der Waals surface area contributed by atoms with Crippen LogP contribution >= 0.6 is 0 Å². The van der Waals surface area contributed by atoms with Crippen molar-refractivity contribution in [1.29, 1.82) is 0 Å². The molecule has 0 bridgehead atoms.